The van der Waals surface area contributed by atoms with Gasteiger partial charge in [-0.3, -0.25) is 4.90 Å². The van der Waals surface area contributed by atoms with Gasteiger partial charge in [0.15, 0.2) is 11.5 Å². The van der Waals surface area contributed by atoms with Crippen LogP contribution in [-0.2, 0) is 13.0 Å². The molecule has 4 heteroatoms. The molecule has 20 heavy (non-hydrogen) atoms. The SMILES string of the molecule is COc1cc2c(cc1OC)CN(CCCCCCl)CC2. The van der Waals surface area contributed by atoms with E-state index in [-0.39, 0.29) is 0 Å². The molecule has 1 aliphatic rings. The van der Waals surface area contributed by atoms with Crippen molar-refractivity contribution in [2.75, 3.05) is 33.2 Å². The molecule has 0 saturated heterocycles. The minimum Gasteiger partial charge on any atom is -0.493 e. The largest absolute Gasteiger partial charge is 0.493 e. The smallest absolute Gasteiger partial charge is 0.161 e. The Balaban J connectivity index is 1.98. The first-order valence-electron chi connectivity index (χ1n) is 7.30. The highest BCUT2D eigenvalue weighted by Gasteiger charge is 2.18. The number of nitrogens with zero attached hydrogens (tertiary/aromatic N) is 1. The molecule has 0 atom stereocenters. The lowest BCUT2D eigenvalue weighted by atomic mass is 9.98. The summed E-state index contributed by atoms with van der Waals surface area (Å²) in [6.45, 7) is 3.30. The van der Waals surface area contributed by atoms with Crippen LogP contribution in [0.1, 0.15) is 30.4 Å². The van der Waals surface area contributed by atoms with Crippen LogP contribution in [0.25, 0.3) is 0 Å². The molecule has 1 aliphatic heterocycles. The summed E-state index contributed by atoms with van der Waals surface area (Å²) in [5.41, 5.74) is 2.76. The van der Waals surface area contributed by atoms with Crippen LogP contribution in [0.5, 0.6) is 11.5 Å². The van der Waals surface area contributed by atoms with Gasteiger partial charge < -0.3 is 9.47 Å². The Morgan fingerprint density at radius 2 is 1.75 bits per heavy atom. The third-order valence-electron chi connectivity index (χ3n) is 3.91. The van der Waals surface area contributed by atoms with Crippen molar-refractivity contribution in [3.8, 4) is 11.5 Å². The number of benzene rings is 1. The summed E-state index contributed by atoms with van der Waals surface area (Å²) in [6, 6.07) is 4.25. The van der Waals surface area contributed by atoms with Gasteiger partial charge in [0.05, 0.1) is 14.2 Å². The first-order chi connectivity index (χ1) is 9.78. The van der Waals surface area contributed by atoms with Crippen molar-refractivity contribution >= 4 is 11.6 Å². The van der Waals surface area contributed by atoms with E-state index in [0.717, 1.165) is 49.9 Å². The van der Waals surface area contributed by atoms with E-state index in [1.54, 1.807) is 14.2 Å². The van der Waals surface area contributed by atoms with Gasteiger partial charge in [-0.1, -0.05) is 6.42 Å². The average Bonchev–Trinajstić information content (AvgIpc) is 2.50. The second-order valence-corrected chi connectivity index (χ2v) is 5.63. The standard InChI is InChI=1S/C16H24ClNO2/c1-19-15-10-13-6-9-18(8-5-3-4-7-17)12-14(13)11-16(15)20-2/h10-11H,3-9,12H2,1-2H3. The lowest BCUT2D eigenvalue weighted by molar-refractivity contribution is 0.247. The summed E-state index contributed by atoms with van der Waals surface area (Å²) in [7, 11) is 3.38. The van der Waals surface area contributed by atoms with E-state index in [1.807, 2.05) is 0 Å². The van der Waals surface area contributed by atoms with E-state index in [1.165, 1.54) is 24.0 Å². The monoisotopic (exact) mass is 297 g/mol. The number of methoxy groups -OCH3 is 2. The lowest BCUT2D eigenvalue weighted by Crippen LogP contribution is -2.31. The van der Waals surface area contributed by atoms with Crippen LogP contribution in [-0.4, -0.2) is 38.1 Å². The molecule has 0 N–H and O–H groups in total. The van der Waals surface area contributed by atoms with Gasteiger partial charge in [0.25, 0.3) is 0 Å². The fourth-order valence-electron chi connectivity index (χ4n) is 2.74. The predicted octanol–water partition coefficient (Wildman–Crippen LogP) is 3.47. The number of ether oxygens (including phenoxy) is 2. The number of unbranched alkanes of at least 4 members (excludes halogenated alkanes) is 2. The summed E-state index contributed by atoms with van der Waals surface area (Å²) in [4.78, 5) is 2.52. The van der Waals surface area contributed by atoms with Crippen LogP contribution in [0.4, 0.5) is 0 Å². The van der Waals surface area contributed by atoms with Crippen LogP contribution in [0.15, 0.2) is 12.1 Å². The minimum absolute atomic E-state index is 0.778. The average molecular weight is 298 g/mol. The van der Waals surface area contributed by atoms with Crippen LogP contribution in [0.3, 0.4) is 0 Å². The van der Waals surface area contributed by atoms with E-state index in [2.05, 4.69) is 17.0 Å². The number of halogens is 1. The second kappa shape index (κ2) is 7.75. The molecule has 0 fully saturated rings. The molecule has 112 valence electrons. The fourth-order valence-corrected chi connectivity index (χ4v) is 2.93. The maximum absolute atomic E-state index is 5.71. The van der Waals surface area contributed by atoms with Crippen molar-refractivity contribution in [2.24, 2.45) is 0 Å². The Labute approximate surface area is 126 Å². The molecule has 0 spiro atoms. The van der Waals surface area contributed by atoms with Gasteiger partial charge in [-0.15, -0.1) is 11.6 Å². The van der Waals surface area contributed by atoms with Crippen molar-refractivity contribution in [2.45, 2.75) is 32.2 Å². The van der Waals surface area contributed by atoms with E-state index in [4.69, 9.17) is 21.1 Å². The first-order valence-corrected chi connectivity index (χ1v) is 7.84. The molecular weight excluding hydrogens is 274 g/mol. The third-order valence-corrected chi connectivity index (χ3v) is 4.17. The Morgan fingerprint density at radius 3 is 2.40 bits per heavy atom. The number of alkyl halides is 1. The Hall–Kier alpha value is -0.930. The van der Waals surface area contributed by atoms with Gasteiger partial charge >= 0.3 is 0 Å². The second-order valence-electron chi connectivity index (χ2n) is 5.25. The molecule has 1 heterocycles. The summed E-state index contributed by atoms with van der Waals surface area (Å²) < 4.78 is 10.8. The highest BCUT2D eigenvalue weighted by Crippen LogP contribution is 2.33. The Bertz CT molecular complexity index is 437. The third kappa shape index (κ3) is 3.80. The quantitative estimate of drug-likeness (QED) is 0.568. The van der Waals surface area contributed by atoms with Gasteiger partial charge in [0.2, 0.25) is 0 Å². The number of rotatable bonds is 7. The van der Waals surface area contributed by atoms with Crippen molar-refractivity contribution < 1.29 is 9.47 Å². The predicted molar refractivity (Wildman–Crippen MR) is 83.1 cm³/mol. The maximum Gasteiger partial charge on any atom is 0.161 e. The number of hydrogen-bond donors (Lipinski definition) is 0. The van der Waals surface area contributed by atoms with Crippen molar-refractivity contribution in [1.29, 1.82) is 0 Å². The highest BCUT2D eigenvalue weighted by molar-refractivity contribution is 6.17. The number of fused-ring (bicyclic) bond motifs is 1. The molecule has 2 rings (SSSR count). The van der Waals surface area contributed by atoms with E-state index in [9.17, 15) is 0 Å². The lowest BCUT2D eigenvalue weighted by Gasteiger charge is -2.29. The zero-order chi connectivity index (χ0) is 14.4. The van der Waals surface area contributed by atoms with Crippen molar-refractivity contribution in [1.82, 2.24) is 4.90 Å². The zero-order valence-corrected chi connectivity index (χ0v) is 13.2. The van der Waals surface area contributed by atoms with Crippen LogP contribution < -0.4 is 9.47 Å². The van der Waals surface area contributed by atoms with Gasteiger partial charge in [-0.25, -0.2) is 0 Å². The molecule has 0 saturated carbocycles. The van der Waals surface area contributed by atoms with E-state index in [0.29, 0.717) is 0 Å². The fraction of sp³-hybridized carbons (Fsp3) is 0.625. The maximum atomic E-state index is 5.71. The Morgan fingerprint density at radius 1 is 1.05 bits per heavy atom. The van der Waals surface area contributed by atoms with Gasteiger partial charge in [0.1, 0.15) is 0 Å². The summed E-state index contributed by atoms with van der Waals surface area (Å²) in [5.74, 6) is 2.44. The van der Waals surface area contributed by atoms with Crippen molar-refractivity contribution in [3.63, 3.8) is 0 Å². The summed E-state index contributed by atoms with van der Waals surface area (Å²) in [5, 5.41) is 0. The molecule has 0 aromatic heterocycles. The first kappa shape index (κ1) is 15.5. The molecule has 1 aromatic rings. The van der Waals surface area contributed by atoms with E-state index < -0.39 is 0 Å². The normalized spacial score (nSPS) is 14.9. The summed E-state index contributed by atoms with van der Waals surface area (Å²) in [6.07, 6.45) is 4.66. The summed E-state index contributed by atoms with van der Waals surface area (Å²) >= 11 is 5.71. The molecule has 0 radical (unpaired) electrons. The molecule has 0 unspecified atom stereocenters. The molecule has 0 amide bonds. The zero-order valence-electron chi connectivity index (χ0n) is 12.5. The van der Waals surface area contributed by atoms with Gasteiger partial charge in [0, 0.05) is 19.0 Å². The van der Waals surface area contributed by atoms with Crippen LogP contribution >= 0.6 is 11.6 Å². The molecule has 0 aliphatic carbocycles. The van der Waals surface area contributed by atoms with Crippen molar-refractivity contribution in [3.05, 3.63) is 23.3 Å². The highest BCUT2D eigenvalue weighted by atomic mass is 35.5. The molecule has 1 aromatic carbocycles. The van der Waals surface area contributed by atoms with Crippen LogP contribution in [0, 0.1) is 0 Å². The van der Waals surface area contributed by atoms with E-state index >= 15 is 0 Å². The molecule has 3 nitrogen and oxygen atoms in total. The minimum atomic E-state index is 0.778. The van der Waals surface area contributed by atoms with Gasteiger partial charge in [-0.2, -0.15) is 0 Å². The topological polar surface area (TPSA) is 21.7 Å². The molecular formula is C16H24ClNO2. The molecule has 0 bridgehead atoms. The Kier molecular flexibility index (Phi) is 5.99. The number of hydrogen-bond acceptors (Lipinski definition) is 3. The van der Waals surface area contributed by atoms with Crippen LogP contribution in [0.2, 0.25) is 0 Å². The van der Waals surface area contributed by atoms with Gasteiger partial charge in [-0.05, 0) is 49.1 Å².